The summed E-state index contributed by atoms with van der Waals surface area (Å²) in [7, 11) is 1.70. The zero-order valence-electron chi connectivity index (χ0n) is 17.8. The van der Waals surface area contributed by atoms with Gasteiger partial charge in [-0.2, -0.15) is 16.7 Å². The van der Waals surface area contributed by atoms with Crippen molar-refractivity contribution < 1.29 is 14.3 Å². The molecule has 1 amide bonds. The monoisotopic (exact) mass is 445 g/mol. The van der Waals surface area contributed by atoms with Crippen LogP contribution in [-0.2, 0) is 4.79 Å². The molecule has 0 saturated heterocycles. The van der Waals surface area contributed by atoms with Crippen molar-refractivity contribution >= 4 is 29.6 Å². The number of benzene rings is 1. The first-order valence-electron chi connectivity index (χ1n) is 10.1. The Kier molecular flexibility index (Phi) is 10.1. The minimum absolute atomic E-state index is 0.0103. The van der Waals surface area contributed by atoms with Gasteiger partial charge in [-0.05, 0) is 47.9 Å². The van der Waals surface area contributed by atoms with Gasteiger partial charge < -0.3 is 9.64 Å². The molecule has 0 N–H and O–H groups in total. The summed E-state index contributed by atoms with van der Waals surface area (Å²) in [5, 5.41) is 5.83. The van der Waals surface area contributed by atoms with Gasteiger partial charge in [0.2, 0.25) is 0 Å². The lowest BCUT2D eigenvalue weighted by Gasteiger charge is -2.29. The molecule has 166 valence electrons. The molecule has 8 nitrogen and oxygen atoms in total. The Balaban J connectivity index is 2.22. The number of carbonyl (C=O) groups is 2. The van der Waals surface area contributed by atoms with E-state index in [1.54, 1.807) is 35.8 Å². The van der Waals surface area contributed by atoms with Crippen LogP contribution in [0.5, 0.6) is 5.75 Å². The van der Waals surface area contributed by atoms with E-state index in [0.717, 1.165) is 25.0 Å². The summed E-state index contributed by atoms with van der Waals surface area (Å²) in [6.07, 6.45) is 6.79. The summed E-state index contributed by atoms with van der Waals surface area (Å²) < 4.78 is 5.85. The molecule has 0 bridgehead atoms. The van der Waals surface area contributed by atoms with Crippen LogP contribution in [0.4, 0.5) is 5.69 Å². The molecule has 1 aromatic rings. The maximum atomic E-state index is 13.3. The van der Waals surface area contributed by atoms with Crippen molar-refractivity contribution in [1.29, 1.82) is 0 Å². The first-order chi connectivity index (χ1) is 15.1. The number of nitrogens with zero attached hydrogens (tertiary/aromatic N) is 3. The van der Waals surface area contributed by atoms with Crippen molar-refractivity contribution in [2.24, 2.45) is 10.4 Å². The van der Waals surface area contributed by atoms with Gasteiger partial charge >= 0.3 is 0 Å². The number of hydrogen-bond donors (Lipinski definition) is 0. The number of carbonyl (C=O) groups excluding carboxylic acids is 2. The lowest BCUT2D eigenvalue weighted by molar-refractivity contribution is -0.127. The summed E-state index contributed by atoms with van der Waals surface area (Å²) in [6, 6.07) is 4.33. The molecule has 0 aliphatic heterocycles. The fourth-order valence-corrected chi connectivity index (χ4v) is 4.08. The fraction of sp³-hybridized carbons (Fsp3) is 0.455. The lowest BCUT2D eigenvalue weighted by Crippen LogP contribution is -2.43. The second kappa shape index (κ2) is 12.8. The van der Waals surface area contributed by atoms with E-state index in [4.69, 9.17) is 4.74 Å². The molecule has 9 heteroatoms. The maximum Gasteiger partial charge on any atom is 0.254 e. The molecule has 0 radical (unpaired) electrons. The van der Waals surface area contributed by atoms with Crippen LogP contribution in [0.2, 0.25) is 0 Å². The van der Waals surface area contributed by atoms with Crippen molar-refractivity contribution in [2.75, 3.05) is 31.7 Å². The lowest BCUT2D eigenvalue weighted by atomic mass is 10.0. The summed E-state index contributed by atoms with van der Waals surface area (Å²) in [6.45, 7) is 2.12. The van der Waals surface area contributed by atoms with Crippen LogP contribution in [0, 0.1) is 9.81 Å². The molecule has 1 atom stereocenters. The number of likely N-dealkylation sites (N-methyl/N-ethyl adjacent to an activating group) is 1. The maximum absolute atomic E-state index is 13.3. The first-order valence-corrected chi connectivity index (χ1v) is 11.3. The van der Waals surface area contributed by atoms with Crippen LogP contribution in [-0.4, -0.2) is 54.8 Å². The van der Waals surface area contributed by atoms with Crippen molar-refractivity contribution in [1.82, 2.24) is 4.90 Å². The van der Waals surface area contributed by atoms with E-state index < -0.39 is 0 Å². The average Bonchev–Trinajstić information content (AvgIpc) is 3.03. The predicted molar refractivity (Wildman–Crippen MR) is 123 cm³/mol. The van der Waals surface area contributed by atoms with Gasteiger partial charge in [-0.3, -0.25) is 9.59 Å². The number of ether oxygens (including phenoxy) is 1. The van der Waals surface area contributed by atoms with Gasteiger partial charge in [0, 0.05) is 18.4 Å². The van der Waals surface area contributed by atoms with Gasteiger partial charge in [0.1, 0.15) is 24.6 Å². The highest BCUT2D eigenvalue weighted by Gasteiger charge is 2.26. The number of thioether (sulfide) groups is 1. The predicted octanol–water partition coefficient (Wildman–Crippen LogP) is 4.66. The van der Waals surface area contributed by atoms with E-state index in [1.165, 1.54) is 6.07 Å². The Morgan fingerprint density at radius 1 is 1.29 bits per heavy atom. The zero-order chi connectivity index (χ0) is 22.6. The Hall–Kier alpha value is -2.81. The van der Waals surface area contributed by atoms with Crippen LogP contribution in [0.1, 0.15) is 36.5 Å². The van der Waals surface area contributed by atoms with Crippen molar-refractivity contribution in [2.45, 2.75) is 32.2 Å². The van der Waals surface area contributed by atoms with Crippen LogP contribution < -0.4 is 4.74 Å². The van der Waals surface area contributed by atoms with Crippen molar-refractivity contribution in [3.63, 3.8) is 0 Å². The Labute approximate surface area is 186 Å². The number of nitroso groups, excluding NO2 is 2. The smallest absolute Gasteiger partial charge is 0.254 e. The normalized spacial score (nSPS) is 14.5. The molecule has 1 aliphatic rings. The summed E-state index contributed by atoms with van der Waals surface area (Å²) >= 11 is 1.66. The molecule has 1 aromatic carbocycles. The molecule has 0 heterocycles. The molecule has 0 spiro atoms. The van der Waals surface area contributed by atoms with Crippen LogP contribution in [0.15, 0.2) is 51.9 Å². The van der Waals surface area contributed by atoms with Crippen LogP contribution in [0.25, 0.3) is 0 Å². The summed E-state index contributed by atoms with van der Waals surface area (Å²) in [5.74, 6) is 1.55. The topological polar surface area (TPSA) is 105 Å². The summed E-state index contributed by atoms with van der Waals surface area (Å²) in [4.78, 5) is 48.1. The zero-order valence-corrected chi connectivity index (χ0v) is 18.6. The molecule has 31 heavy (non-hydrogen) atoms. The number of allylic oxidation sites excluding steroid dienone is 2. The minimum Gasteiger partial charge on any atom is -0.491 e. The van der Waals surface area contributed by atoms with E-state index in [-0.39, 0.29) is 42.1 Å². The average molecular weight is 446 g/mol. The number of rotatable bonds is 12. The van der Waals surface area contributed by atoms with Gasteiger partial charge in [0.25, 0.3) is 5.91 Å². The molecule has 1 aliphatic carbocycles. The van der Waals surface area contributed by atoms with Gasteiger partial charge in [-0.25, -0.2) is 0 Å². The number of aldehydes is 1. The fourth-order valence-electron chi connectivity index (χ4n) is 3.25. The standard InChI is InChI=1S/C22H27N3O5S/c1-3-31-15-17(14-30-21-11-7-10-20(24-29)19(21)13-26)25(2)22(27)18-9-6-4-5-8-16(18)12-23-28/h7-11,13,17H,3-6,12,14-15H2,1-2H3. The molecular formula is C22H27N3O5S. The SMILES string of the molecule is CCSCC(COc1cccc(N=O)c1C=O)N(C)C(=O)C1=CCCCC=C1CN=O. The molecule has 2 rings (SSSR count). The Morgan fingerprint density at radius 2 is 2.06 bits per heavy atom. The second-order valence-corrected chi connectivity index (χ2v) is 8.32. The van der Waals surface area contributed by atoms with Gasteiger partial charge in [0.05, 0.1) is 11.6 Å². The third-order valence-electron chi connectivity index (χ3n) is 5.03. The number of hydrogen-bond acceptors (Lipinski definition) is 8. The minimum atomic E-state index is -0.292. The van der Waals surface area contributed by atoms with E-state index >= 15 is 0 Å². The quantitative estimate of drug-likeness (QED) is 0.342. The van der Waals surface area contributed by atoms with Gasteiger partial charge in [-0.1, -0.05) is 30.3 Å². The van der Waals surface area contributed by atoms with Crippen molar-refractivity contribution in [3.8, 4) is 5.75 Å². The van der Waals surface area contributed by atoms with Crippen LogP contribution in [0.3, 0.4) is 0 Å². The van der Waals surface area contributed by atoms with E-state index in [1.807, 2.05) is 19.1 Å². The Morgan fingerprint density at radius 3 is 2.74 bits per heavy atom. The van der Waals surface area contributed by atoms with Crippen molar-refractivity contribution in [3.05, 3.63) is 56.9 Å². The van der Waals surface area contributed by atoms with E-state index in [9.17, 15) is 19.4 Å². The first kappa shape index (κ1) is 24.5. The summed E-state index contributed by atoms with van der Waals surface area (Å²) in [5.41, 5.74) is 1.25. The third kappa shape index (κ3) is 6.58. The highest BCUT2D eigenvalue weighted by atomic mass is 32.2. The van der Waals surface area contributed by atoms with Gasteiger partial charge in [-0.15, -0.1) is 4.91 Å². The molecular weight excluding hydrogens is 418 g/mol. The molecule has 0 fully saturated rings. The largest absolute Gasteiger partial charge is 0.491 e. The van der Waals surface area contributed by atoms with E-state index in [2.05, 4.69) is 10.4 Å². The highest BCUT2D eigenvalue weighted by molar-refractivity contribution is 7.99. The Bertz CT molecular complexity index is 869. The number of amides is 1. The third-order valence-corrected chi connectivity index (χ3v) is 6.06. The molecule has 1 unspecified atom stereocenters. The molecule has 0 saturated carbocycles. The van der Waals surface area contributed by atoms with E-state index in [0.29, 0.717) is 23.2 Å². The van der Waals surface area contributed by atoms with Crippen LogP contribution >= 0.6 is 11.8 Å². The van der Waals surface area contributed by atoms with Gasteiger partial charge in [0.15, 0.2) is 6.29 Å². The molecule has 0 aromatic heterocycles. The second-order valence-electron chi connectivity index (χ2n) is 7.00. The highest BCUT2D eigenvalue weighted by Crippen LogP contribution is 2.28.